The first-order chi connectivity index (χ1) is 8.63. The molecule has 0 aliphatic heterocycles. The molecule has 0 fully saturated rings. The lowest BCUT2D eigenvalue weighted by Crippen LogP contribution is -2.29. The number of aromatic nitrogens is 2. The van der Waals surface area contributed by atoms with Gasteiger partial charge in [-0.05, 0) is 25.1 Å². The number of benzene rings is 1. The monoisotopic (exact) mass is 245 g/mol. The van der Waals surface area contributed by atoms with Crippen LogP contribution in [-0.4, -0.2) is 16.2 Å². The van der Waals surface area contributed by atoms with Crippen LogP contribution in [0.15, 0.2) is 41.5 Å². The number of hydrogen-bond donors (Lipinski definition) is 1. The fourth-order valence-electron chi connectivity index (χ4n) is 2.17. The second-order valence-corrected chi connectivity index (χ2v) is 4.54. The number of aryl methyl sites for hydroxylation is 2. The zero-order valence-electron chi connectivity index (χ0n) is 11.1. The smallest absolute Gasteiger partial charge is 0.312 e. The molecular weight excluding hydrogens is 226 g/mol. The van der Waals surface area contributed by atoms with E-state index in [0.29, 0.717) is 6.54 Å². The van der Waals surface area contributed by atoms with Gasteiger partial charge in [-0.25, -0.2) is 4.79 Å². The maximum atomic E-state index is 11.8. The summed E-state index contributed by atoms with van der Waals surface area (Å²) >= 11 is 0. The van der Waals surface area contributed by atoms with Crippen molar-refractivity contribution in [3.8, 4) is 0 Å². The van der Waals surface area contributed by atoms with E-state index in [9.17, 15) is 4.79 Å². The maximum absolute atomic E-state index is 11.8. The fraction of sp³-hybridized carbons (Fsp3) is 0.357. The van der Waals surface area contributed by atoms with Gasteiger partial charge < -0.3 is 9.88 Å². The molecule has 1 unspecified atom stereocenters. The summed E-state index contributed by atoms with van der Waals surface area (Å²) in [7, 11) is 3.69. The average molecular weight is 245 g/mol. The molecular formula is C14H19N3O. The van der Waals surface area contributed by atoms with E-state index in [-0.39, 0.29) is 11.7 Å². The molecule has 0 aliphatic carbocycles. The standard InChI is InChI=1S/C14H19N3O/c1-11-6-4-5-7-12(11)13(15-2)10-17-9-8-16(3)14(17)18/h4-9,13,15H,10H2,1-3H3. The molecule has 0 radical (unpaired) electrons. The highest BCUT2D eigenvalue weighted by atomic mass is 16.1. The molecule has 1 heterocycles. The second kappa shape index (κ2) is 5.23. The molecule has 1 N–H and O–H groups in total. The third-order valence-corrected chi connectivity index (χ3v) is 3.31. The Hall–Kier alpha value is -1.81. The summed E-state index contributed by atoms with van der Waals surface area (Å²) in [5.41, 5.74) is 2.49. The van der Waals surface area contributed by atoms with Gasteiger partial charge >= 0.3 is 5.69 Å². The molecule has 1 aromatic heterocycles. The van der Waals surface area contributed by atoms with E-state index in [4.69, 9.17) is 0 Å². The normalized spacial score (nSPS) is 12.6. The van der Waals surface area contributed by atoms with Crippen LogP contribution in [0.1, 0.15) is 17.2 Å². The molecule has 0 amide bonds. The second-order valence-electron chi connectivity index (χ2n) is 4.54. The van der Waals surface area contributed by atoms with Gasteiger partial charge in [-0.2, -0.15) is 0 Å². The molecule has 0 spiro atoms. The minimum absolute atomic E-state index is 0.0174. The zero-order valence-corrected chi connectivity index (χ0v) is 11.1. The SMILES string of the molecule is CNC(Cn1ccn(C)c1=O)c1ccccc1C. The third kappa shape index (κ3) is 2.38. The van der Waals surface area contributed by atoms with Crippen LogP contribution in [0.25, 0.3) is 0 Å². The van der Waals surface area contributed by atoms with Crippen LogP contribution in [0.3, 0.4) is 0 Å². The molecule has 96 valence electrons. The van der Waals surface area contributed by atoms with Gasteiger partial charge in [-0.3, -0.25) is 4.57 Å². The molecule has 2 aromatic rings. The van der Waals surface area contributed by atoms with Crippen molar-refractivity contribution in [2.24, 2.45) is 7.05 Å². The van der Waals surface area contributed by atoms with E-state index >= 15 is 0 Å². The van der Waals surface area contributed by atoms with Crippen LogP contribution >= 0.6 is 0 Å². The van der Waals surface area contributed by atoms with Crippen LogP contribution in [0.5, 0.6) is 0 Å². The summed E-state index contributed by atoms with van der Waals surface area (Å²) in [6.07, 6.45) is 3.61. The first kappa shape index (κ1) is 12.6. The predicted molar refractivity (Wildman–Crippen MR) is 72.7 cm³/mol. The number of rotatable bonds is 4. The van der Waals surface area contributed by atoms with E-state index in [1.54, 1.807) is 22.4 Å². The molecule has 0 saturated carbocycles. The highest BCUT2D eigenvalue weighted by molar-refractivity contribution is 5.28. The van der Waals surface area contributed by atoms with Gasteiger partial charge in [0.25, 0.3) is 0 Å². The van der Waals surface area contributed by atoms with E-state index < -0.39 is 0 Å². The molecule has 0 bridgehead atoms. The highest BCUT2D eigenvalue weighted by Gasteiger charge is 2.13. The van der Waals surface area contributed by atoms with Crippen molar-refractivity contribution in [2.75, 3.05) is 7.05 Å². The Kier molecular flexibility index (Phi) is 3.67. The van der Waals surface area contributed by atoms with Crippen molar-refractivity contribution in [1.29, 1.82) is 0 Å². The van der Waals surface area contributed by atoms with Crippen LogP contribution in [-0.2, 0) is 13.6 Å². The van der Waals surface area contributed by atoms with Gasteiger partial charge in [-0.1, -0.05) is 24.3 Å². The van der Waals surface area contributed by atoms with Crippen molar-refractivity contribution in [1.82, 2.24) is 14.5 Å². The number of likely N-dealkylation sites (N-methyl/N-ethyl adjacent to an activating group) is 1. The van der Waals surface area contributed by atoms with E-state index in [0.717, 1.165) is 0 Å². The summed E-state index contributed by atoms with van der Waals surface area (Å²) in [6, 6.07) is 8.39. The topological polar surface area (TPSA) is 39.0 Å². The Morgan fingerprint density at radius 2 is 2.00 bits per heavy atom. The van der Waals surface area contributed by atoms with Crippen molar-refractivity contribution in [3.05, 3.63) is 58.3 Å². The molecule has 0 aliphatic rings. The van der Waals surface area contributed by atoms with Gasteiger partial charge in [0.15, 0.2) is 0 Å². The molecule has 1 aromatic carbocycles. The minimum atomic E-state index is 0.0174. The Morgan fingerprint density at radius 1 is 1.28 bits per heavy atom. The van der Waals surface area contributed by atoms with E-state index in [2.05, 4.69) is 24.4 Å². The fourth-order valence-corrected chi connectivity index (χ4v) is 2.17. The summed E-state index contributed by atoms with van der Waals surface area (Å²) in [4.78, 5) is 11.8. The van der Waals surface area contributed by atoms with Crippen molar-refractivity contribution in [2.45, 2.75) is 19.5 Å². The predicted octanol–water partition coefficient (Wildman–Crippen LogP) is 1.46. The van der Waals surface area contributed by atoms with E-state index in [1.807, 2.05) is 25.4 Å². The Bertz CT molecular complexity index is 583. The first-order valence-corrected chi connectivity index (χ1v) is 6.08. The molecule has 4 nitrogen and oxygen atoms in total. The van der Waals surface area contributed by atoms with Gasteiger partial charge in [-0.15, -0.1) is 0 Å². The van der Waals surface area contributed by atoms with Crippen LogP contribution < -0.4 is 11.0 Å². The van der Waals surface area contributed by atoms with Gasteiger partial charge in [0, 0.05) is 26.0 Å². The van der Waals surface area contributed by atoms with Crippen molar-refractivity contribution >= 4 is 0 Å². The zero-order chi connectivity index (χ0) is 13.1. The average Bonchev–Trinajstić information content (AvgIpc) is 2.68. The lowest BCUT2D eigenvalue weighted by atomic mass is 10.0. The van der Waals surface area contributed by atoms with Crippen LogP contribution in [0, 0.1) is 6.92 Å². The Balaban J connectivity index is 2.28. The van der Waals surface area contributed by atoms with Gasteiger partial charge in [0.2, 0.25) is 0 Å². The van der Waals surface area contributed by atoms with Crippen molar-refractivity contribution < 1.29 is 0 Å². The first-order valence-electron chi connectivity index (χ1n) is 6.08. The molecule has 1 atom stereocenters. The lowest BCUT2D eigenvalue weighted by molar-refractivity contribution is 0.486. The molecule has 18 heavy (non-hydrogen) atoms. The summed E-state index contributed by atoms with van der Waals surface area (Å²) in [5.74, 6) is 0. The quantitative estimate of drug-likeness (QED) is 0.885. The molecule has 2 rings (SSSR count). The third-order valence-electron chi connectivity index (χ3n) is 3.31. The van der Waals surface area contributed by atoms with E-state index in [1.165, 1.54) is 11.1 Å². The van der Waals surface area contributed by atoms with Gasteiger partial charge in [0.05, 0.1) is 6.04 Å². The highest BCUT2D eigenvalue weighted by Crippen LogP contribution is 2.18. The lowest BCUT2D eigenvalue weighted by Gasteiger charge is -2.18. The maximum Gasteiger partial charge on any atom is 0.327 e. The summed E-state index contributed by atoms with van der Waals surface area (Å²) in [5, 5.41) is 3.28. The molecule has 4 heteroatoms. The minimum Gasteiger partial charge on any atom is -0.312 e. The molecule has 0 saturated heterocycles. The Morgan fingerprint density at radius 3 is 2.56 bits per heavy atom. The number of nitrogens with one attached hydrogen (secondary N) is 1. The van der Waals surface area contributed by atoms with Crippen LogP contribution in [0.4, 0.5) is 0 Å². The van der Waals surface area contributed by atoms with Crippen LogP contribution in [0.2, 0.25) is 0 Å². The largest absolute Gasteiger partial charge is 0.327 e. The Labute approximate surface area is 107 Å². The number of hydrogen-bond acceptors (Lipinski definition) is 2. The number of nitrogens with zero attached hydrogens (tertiary/aromatic N) is 2. The van der Waals surface area contributed by atoms with Gasteiger partial charge in [0.1, 0.15) is 0 Å². The summed E-state index contributed by atoms with van der Waals surface area (Å²) < 4.78 is 3.32. The van der Waals surface area contributed by atoms with Crippen molar-refractivity contribution in [3.63, 3.8) is 0 Å². The summed E-state index contributed by atoms with van der Waals surface area (Å²) in [6.45, 7) is 2.73. The number of imidazole rings is 1.